The molecule has 1 aliphatic rings. The normalized spacial score (nSPS) is 21.7. The summed E-state index contributed by atoms with van der Waals surface area (Å²) < 4.78 is 0. The van der Waals surface area contributed by atoms with Crippen molar-refractivity contribution in [2.45, 2.75) is 51.7 Å². The van der Waals surface area contributed by atoms with Gasteiger partial charge in [0, 0.05) is 13.0 Å². The van der Waals surface area contributed by atoms with Gasteiger partial charge < -0.3 is 10.0 Å². The second kappa shape index (κ2) is 5.33. The van der Waals surface area contributed by atoms with E-state index in [4.69, 9.17) is 0 Å². The van der Waals surface area contributed by atoms with Gasteiger partial charge in [-0.1, -0.05) is 24.3 Å². The SMILES string of the molecule is Cc1ccccc1CCC(=O)N1CCC(O)C1(C)C. The number of nitrogens with zero attached hydrogens (tertiary/aromatic N) is 1. The molecule has 0 aliphatic carbocycles. The van der Waals surface area contributed by atoms with Gasteiger partial charge in [-0.2, -0.15) is 0 Å². The highest BCUT2D eigenvalue weighted by atomic mass is 16.3. The third kappa shape index (κ3) is 2.81. The molecule has 19 heavy (non-hydrogen) atoms. The fraction of sp³-hybridized carbons (Fsp3) is 0.562. The lowest BCUT2D eigenvalue weighted by atomic mass is 9.98. The van der Waals surface area contributed by atoms with E-state index in [0.717, 1.165) is 6.42 Å². The smallest absolute Gasteiger partial charge is 0.223 e. The van der Waals surface area contributed by atoms with Gasteiger partial charge in [0.15, 0.2) is 0 Å². The van der Waals surface area contributed by atoms with Crippen molar-refractivity contribution in [3.8, 4) is 0 Å². The lowest BCUT2D eigenvalue weighted by molar-refractivity contribution is -0.136. The molecule has 0 aromatic heterocycles. The Balaban J connectivity index is 1.98. The lowest BCUT2D eigenvalue weighted by Gasteiger charge is -2.34. The molecule has 1 aromatic rings. The molecule has 1 heterocycles. The predicted octanol–water partition coefficient (Wildman–Crippen LogP) is 2.30. The second-order valence-corrected chi connectivity index (χ2v) is 5.93. The van der Waals surface area contributed by atoms with Crippen LogP contribution in [0.5, 0.6) is 0 Å². The van der Waals surface area contributed by atoms with Gasteiger partial charge in [-0.25, -0.2) is 0 Å². The third-order valence-corrected chi connectivity index (χ3v) is 4.31. The Labute approximate surface area is 115 Å². The maximum atomic E-state index is 12.3. The van der Waals surface area contributed by atoms with Crippen LogP contribution in [0.4, 0.5) is 0 Å². The molecule has 1 N–H and O–H groups in total. The summed E-state index contributed by atoms with van der Waals surface area (Å²) in [5.74, 6) is 0.143. The Morgan fingerprint density at radius 1 is 1.42 bits per heavy atom. The number of rotatable bonds is 3. The maximum Gasteiger partial charge on any atom is 0.223 e. The van der Waals surface area contributed by atoms with Crippen molar-refractivity contribution in [2.24, 2.45) is 0 Å². The molecule has 0 saturated carbocycles. The van der Waals surface area contributed by atoms with Gasteiger partial charge in [0.2, 0.25) is 5.91 Å². The number of likely N-dealkylation sites (tertiary alicyclic amines) is 1. The standard InChI is InChI=1S/C16H23NO2/c1-12-6-4-5-7-13(12)8-9-15(19)17-11-10-14(18)16(17,2)3/h4-7,14,18H,8-11H2,1-3H3. The van der Waals surface area contributed by atoms with E-state index in [2.05, 4.69) is 19.1 Å². The molecule has 1 atom stereocenters. The van der Waals surface area contributed by atoms with Crippen molar-refractivity contribution in [2.75, 3.05) is 6.54 Å². The van der Waals surface area contributed by atoms with Crippen molar-refractivity contribution in [3.63, 3.8) is 0 Å². The molecule has 1 fully saturated rings. The molecule has 0 spiro atoms. The number of benzene rings is 1. The largest absolute Gasteiger partial charge is 0.391 e. The average molecular weight is 261 g/mol. The highest BCUT2D eigenvalue weighted by molar-refractivity contribution is 5.77. The quantitative estimate of drug-likeness (QED) is 0.907. The minimum atomic E-state index is -0.428. The minimum absolute atomic E-state index is 0.143. The molecule has 3 heteroatoms. The Morgan fingerprint density at radius 3 is 2.68 bits per heavy atom. The zero-order valence-corrected chi connectivity index (χ0v) is 12.0. The van der Waals surface area contributed by atoms with E-state index in [9.17, 15) is 9.90 Å². The first kappa shape index (κ1) is 14.1. The number of aliphatic hydroxyl groups excluding tert-OH is 1. The monoisotopic (exact) mass is 261 g/mol. The van der Waals surface area contributed by atoms with Crippen LogP contribution < -0.4 is 0 Å². The zero-order chi connectivity index (χ0) is 14.0. The van der Waals surface area contributed by atoms with Crippen molar-refractivity contribution in [1.29, 1.82) is 0 Å². The van der Waals surface area contributed by atoms with Crippen LogP contribution in [0.3, 0.4) is 0 Å². The number of aryl methyl sites for hydroxylation is 2. The Hall–Kier alpha value is -1.35. The summed E-state index contributed by atoms with van der Waals surface area (Å²) in [6.07, 6.45) is 1.56. The van der Waals surface area contributed by atoms with Crippen LogP contribution >= 0.6 is 0 Å². The van der Waals surface area contributed by atoms with Gasteiger partial charge in [-0.15, -0.1) is 0 Å². The van der Waals surface area contributed by atoms with E-state index in [1.54, 1.807) is 0 Å². The summed E-state index contributed by atoms with van der Waals surface area (Å²) in [6.45, 7) is 6.62. The van der Waals surface area contributed by atoms with Gasteiger partial charge in [0.25, 0.3) is 0 Å². The first-order chi connectivity index (χ1) is 8.93. The highest BCUT2D eigenvalue weighted by Crippen LogP contribution is 2.29. The van der Waals surface area contributed by atoms with Gasteiger partial charge >= 0.3 is 0 Å². The molecule has 3 nitrogen and oxygen atoms in total. The average Bonchev–Trinajstić information content (AvgIpc) is 2.63. The fourth-order valence-corrected chi connectivity index (χ4v) is 2.79. The van der Waals surface area contributed by atoms with E-state index in [0.29, 0.717) is 19.4 Å². The molecule has 1 amide bonds. The predicted molar refractivity (Wildman–Crippen MR) is 75.9 cm³/mol. The molecule has 2 rings (SSSR count). The Kier molecular flexibility index (Phi) is 3.95. The van der Waals surface area contributed by atoms with Crippen LogP contribution in [0.2, 0.25) is 0 Å². The summed E-state index contributed by atoms with van der Waals surface area (Å²) in [4.78, 5) is 14.1. The van der Waals surface area contributed by atoms with Crippen molar-refractivity contribution < 1.29 is 9.90 Å². The van der Waals surface area contributed by atoms with Crippen molar-refractivity contribution in [1.82, 2.24) is 4.90 Å². The van der Waals surface area contributed by atoms with Gasteiger partial charge in [0.05, 0.1) is 11.6 Å². The number of aliphatic hydroxyl groups is 1. The third-order valence-electron chi connectivity index (χ3n) is 4.31. The molecular weight excluding hydrogens is 238 g/mol. The molecule has 1 unspecified atom stereocenters. The van der Waals surface area contributed by atoms with Gasteiger partial charge in [0.1, 0.15) is 0 Å². The summed E-state index contributed by atoms with van der Waals surface area (Å²) in [6, 6.07) is 8.17. The zero-order valence-electron chi connectivity index (χ0n) is 12.0. The minimum Gasteiger partial charge on any atom is -0.391 e. The number of carbonyl (C=O) groups is 1. The van der Waals surface area contributed by atoms with Crippen molar-refractivity contribution >= 4 is 5.91 Å². The van der Waals surface area contributed by atoms with Crippen molar-refractivity contribution in [3.05, 3.63) is 35.4 Å². The molecule has 0 radical (unpaired) electrons. The summed E-state index contributed by atoms with van der Waals surface area (Å²) in [5.41, 5.74) is 2.03. The maximum absolute atomic E-state index is 12.3. The first-order valence-corrected chi connectivity index (χ1v) is 6.96. The summed E-state index contributed by atoms with van der Waals surface area (Å²) >= 11 is 0. The van der Waals surface area contributed by atoms with E-state index >= 15 is 0 Å². The van der Waals surface area contributed by atoms with E-state index in [-0.39, 0.29) is 5.91 Å². The molecular formula is C16H23NO2. The van der Waals surface area contributed by atoms with E-state index < -0.39 is 11.6 Å². The molecule has 1 aliphatic heterocycles. The number of hydrogen-bond donors (Lipinski definition) is 1. The van der Waals surface area contributed by atoms with E-state index in [1.807, 2.05) is 30.9 Å². The molecule has 1 aromatic carbocycles. The van der Waals surface area contributed by atoms with Crippen LogP contribution in [-0.2, 0) is 11.2 Å². The Bertz CT molecular complexity index is 468. The van der Waals surface area contributed by atoms with Gasteiger partial charge in [-0.3, -0.25) is 4.79 Å². The van der Waals surface area contributed by atoms with Crippen LogP contribution in [0.25, 0.3) is 0 Å². The number of amides is 1. The lowest BCUT2D eigenvalue weighted by Crippen LogP contribution is -2.48. The number of carbonyl (C=O) groups excluding carboxylic acids is 1. The van der Waals surface area contributed by atoms with Crippen LogP contribution in [-0.4, -0.2) is 34.1 Å². The highest BCUT2D eigenvalue weighted by Gasteiger charge is 2.42. The van der Waals surface area contributed by atoms with Crippen LogP contribution in [0, 0.1) is 6.92 Å². The Morgan fingerprint density at radius 2 is 2.11 bits per heavy atom. The molecule has 1 saturated heterocycles. The van der Waals surface area contributed by atoms with E-state index in [1.165, 1.54) is 11.1 Å². The second-order valence-electron chi connectivity index (χ2n) is 5.93. The fourth-order valence-electron chi connectivity index (χ4n) is 2.79. The topological polar surface area (TPSA) is 40.5 Å². The number of hydrogen-bond acceptors (Lipinski definition) is 2. The van der Waals surface area contributed by atoms with Gasteiger partial charge in [-0.05, 0) is 44.7 Å². The van der Waals surface area contributed by atoms with Crippen LogP contribution in [0.1, 0.15) is 37.8 Å². The first-order valence-electron chi connectivity index (χ1n) is 6.96. The molecule has 0 bridgehead atoms. The summed E-state index contributed by atoms with van der Waals surface area (Å²) in [5, 5.41) is 9.91. The van der Waals surface area contributed by atoms with Crippen LogP contribution in [0.15, 0.2) is 24.3 Å². The molecule has 104 valence electrons. The summed E-state index contributed by atoms with van der Waals surface area (Å²) in [7, 11) is 0.